The summed E-state index contributed by atoms with van der Waals surface area (Å²) < 4.78 is 16.0. The van der Waals surface area contributed by atoms with Gasteiger partial charge in [0.15, 0.2) is 11.5 Å². The number of benzene rings is 1. The number of ether oxygens (including phenoxy) is 3. The van der Waals surface area contributed by atoms with E-state index in [2.05, 4.69) is 5.32 Å². The molecule has 0 radical (unpaired) electrons. The molecule has 0 saturated heterocycles. The first-order valence-electron chi connectivity index (χ1n) is 7.84. The van der Waals surface area contributed by atoms with Crippen molar-refractivity contribution in [1.29, 1.82) is 0 Å². The third-order valence-corrected chi connectivity index (χ3v) is 4.44. The Kier molecular flexibility index (Phi) is 6.10. The fourth-order valence-corrected chi connectivity index (χ4v) is 3.03. The van der Waals surface area contributed by atoms with E-state index >= 15 is 0 Å². The third kappa shape index (κ3) is 4.28. The first-order valence-corrected chi connectivity index (χ1v) is 7.84. The van der Waals surface area contributed by atoms with Crippen molar-refractivity contribution in [3.63, 3.8) is 0 Å². The zero-order valence-electron chi connectivity index (χ0n) is 13.9. The first-order chi connectivity index (χ1) is 11.1. The Hall–Kier alpha value is -1.95. The molecular weight excluding hydrogens is 298 g/mol. The summed E-state index contributed by atoms with van der Waals surface area (Å²) in [6, 6.07) is 4.06. The van der Waals surface area contributed by atoms with Gasteiger partial charge in [-0.2, -0.15) is 0 Å². The van der Waals surface area contributed by atoms with Crippen LogP contribution in [0.15, 0.2) is 12.1 Å². The molecule has 1 aliphatic carbocycles. The van der Waals surface area contributed by atoms with E-state index in [-0.39, 0.29) is 5.92 Å². The maximum atomic E-state index is 11.0. The van der Waals surface area contributed by atoms with Gasteiger partial charge in [0, 0.05) is 24.2 Å². The Balaban J connectivity index is 1.99. The van der Waals surface area contributed by atoms with Crippen LogP contribution in [0, 0.1) is 5.92 Å². The second-order valence-corrected chi connectivity index (χ2v) is 5.79. The molecule has 2 rings (SSSR count). The van der Waals surface area contributed by atoms with Crippen molar-refractivity contribution in [2.45, 2.75) is 38.3 Å². The normalized spacial score (nSPS) is 20.8. The lowest BCUT2D eigenvalue weighted by atomic mass is 9.86. The number of hydrogen-bond donors (Lipinski definition) is 2. The Morgan fingerprint density at radius 2 is 1.61 bits per heavy atom. The number of aliphatic carboxylic acids is 1. The van der Waals surface area contributed by atoms with Crippen LogP contribution < -0.4 is 19.5 Å². The van der Waals surface area contributed by atoms with Crippen molar-refractivity contribution in [1.82, 2.24) is 5.32 Å². The van der Waals surface area contributed by atoms with Crippen LogP contribution in [-0.2, 0) is 11.3 Å². The number of hydrogen-bond acceptors (Lipinski definition) is 5. The van der Waals surface area contributed by atoms with Crippen LogP contribution >= 0.6 is 0 Å². The predicted octanol–water partition coefficient (Wildman–Crippen LogP) is 2.45. The Bertz CT molecular complexity index is 538. The molecule has 1 aromatic carbocycles. The Morgan fingerprint density at radius 1 is 1.04 bits per heavy atom. The SMILES string of the molecule is COc1cc(OC)c(OC)cc1CNC1CCC(C(=O)O)CC1. The van der Waals surface area contributed by atoms with E-state index in [4.69, 9.17) is 19.3 Å². The van der Waals surface area contributed by atoms with Gasteiger partial charge < -0.3 is 24.6 Å². The van der Waals surface area contributed by atoms with E-state index in [0.717, 1.165) is 37.0 Å². The van der Waals surface area contributed by atoms with Gasteiger partial charge in [-0.25, -0.2) is 0 Å². The molecule has 0 aromatic heterocycles. The molecule has 1 saturated carbocycles. The summed E-state index contributed by atoms with van der Waals surface area (Å²) in [4.78, 5) is 11.0. The van der Waals surface area contributed by atoms with Crippen LogP contribution in [0.25, 0.3) is 0 Å². The number of carbonyl (C=O) groups is 1. The highest BCUT2D eigenvalue weighted by Gasteiger charge is 2.25. The zero-order valence-corrected chi connectivity index (χ0v) is 13.9. The average Bonchev–Trinajstić information content (AvgIpc) is 2.59. The van der Waals surface area contributed by atoms with Gasteiger partial charge in [-0.15, -0.1) is 0 Å². The van der Waals surface area contributed by atoms with E-state index in [0.29, 0.717) is 24.1 Å². The van der Waals surface area contributed by atoms with Crippen molar-refractivity contribution >= 4 is 5.97 Å². The van der Waals surface area contributed by atoms with Gasteiger partial charge in [-0.3, -0.25) is 4.79 Å². The molecule has 0 heterocycles. The summed E-state index contributed by atoms with van der Waals surface area (Å²) in [5.74, 6) is 1.18. The second-order valence-electron chi connectivity index (χ2n) is 5.79. The van der Waals surface area contributed by atoms with Gasteiger partial charge in [-0.1, -0.05) is 0 Å². The molecule has 0 unspecified atom stereocenters. The van der Waals surface area contributed by atoms with Crippen LogP contribution in [0.5, 0.6) is 17.2 Å². The van der Waals surface area contributed by atoms with Crippen LogP contribution in [0.2, 0.25) is 0 Å². The summed E-state index contributed by atoms with van der Waals surface area (Å²) in [6.07, 6.45) is 3.23. The van der Waals surface area contributed by atoms with Gasteiger partial charge in [0.1, 0.15) is 5.75 Å². The van der Waals surface area contributed by atoms with Gasteiger partial charge in [0.05, 0.1) is 27.2 Å². The summed E-state index contributed by atoms with van der Waals surface area (Å²) in [7, 11) is 4.83. The van der Waals surface area contributed by atoms with Crippen molar-refractivity contribution in [3.05, 3.63) is 17.7 Å². The lowest BCUT2D eigenvalue weighted by Gasteiger charge is -2.27. The van der Waals surface area contributed by atoms with Crippen molar-refractivity contribution in [2.75, 3.05) is 21.3 Å². The molecule has 6 nitrogen and oxygen atoms in total. The first kappa shape index (κ1) is 17.4. The monoisotopic (exact) mass is 323 g/mol. The van der Waals surface area contributed by atoms with E-state index in [1.165, 1.54) is 0 Å². The highest BCUT2D eigenvalue weighted by Crippen LogP contribution is 2.35. The van der Waals surface area contributed by atoms with Gasteiger partial charge in [0.25, 0.3) is 0 Å². The van der Waals surface area contributed by atoms with Crippen molar-refractivity contribution in [2.24, 2.45) is 5.92 Å². The number of carboxylic acid groups (broad SMARTS) is 1. The van der Waals surface area contributed by atoms with Gasteiger partial charge in [-0.05, 0) is 31.7 Å². The minimum absolute atomic E-state index is 0.191. The zero-order chi connectivity index (χ0) is 16.8. The van der Waals surface area contributed by atoms with E-state index in [1.54, 1.807) is 21.3 Å². The molecule has 128 valence electrons. The maximum absolute atomic E-state index is 11.0. The second kappa shape index (κ2) is 8.06. The summed E-state index contributed by atoms with van der Waals surface area (Å²) >= 11 is 0. The molecule has 23 heavy (non-hydrogen) atoms. The smallest absolute Gasteiger partial charge is 0.306 e. The van der Waals surface area contributed by atoms with Crippen molar-refractivity contribution < 1.29 is 24.1 Å². The Morgan fingerprint density at radius 3 is 2.13 bits per heavy atom. The van der Waals surface area contributed by atoms with E-state index in [9.17, 15) is 4.79 Å². The van der Waals surface area contributed by atoms with Gasteiger partial charge in [0.2, 0.25) is 0 Å². The molecule has 0 amide bonds. The maximum Gasteiger partial charge on any atom is 0.306 e. The number of methoxy groups -OCH3 is 3. The average molecular weight is 323 g/mol. The number of nitrogens with one attached hydrogen (secondary N) is 1. The molecule has 0 spiro atoms. The third-order valence-electron chi connectivity index (χ3n) is 4.44. The quantitative estimate of drug-likeness (QED) is 0.802. The minimum atomic E-state index is -0.676. The van der Waals surface area contributed by atoms with Crippen LogP contribution in [0.3, 0.4) is 0 Å². The van der Waals surface area contributed by atoms with Gasteiger partial charge >= 0.3 is 5.97 Å². The summed E-state index contributed by atoms with van der Waals surface area (Å²) in [5.41, 5.74) is 0.991. The van der Waals surface area contributed by atoms with Crippen LogP contribution in [0.4, 0.5) is 0 Å². The molecule has 2 N–H and O–H groups in total. The topological polar surface area (TPSA) is 77.0 Å². The number of rotatable bonds is 7. The molecule has 1 fully saturated rings. The largest absolute Gasteiger partial charge is 0.496 e. The summed E-state index contributed by atoms with van der Waals surface area (Å²) in [6.45, 7) is 0.645. The van der Waals surface area contributed by atoms with E-state index in [1.807, 2.05) is 12.1 Å². The molecule has 0 atom stereocenters. The predicted molar refractivity (Wildman–Crippen MR) is 86.3 cm³/mol. The summed E-state index contributed by atoms with van der Waals surface area (Å²) in [5, 5.41) is 12.5. The molecule has 1 aliphatic rings. The fourth-order valence-electron chi connectivity index (χ4n) is 3.03. The van der Waals surface area contributed by atoms with Crippen molar-refractivity contribution in [3.8, 4) is 17.2 Å². The molecule has 0 bridgehead atoms. The van der Waals surface area contributed by atoms with Crippen LogP contribution in [-0.4, -0.2) is 38.4 Å². The minimum Gasteiger partial charge on any atom is -0.496 e. The molecule has 6 heteroatoms. The lowest BCUT2D eigenvalue weighted by Crippen LogP contribution is -2.34. The molecular formula is C17H25NO5. The lowest BCUT2D eigenvalue weighted by molar-refractivity contribution is -0.142. The molecule has 0 aliphatic heterocycles. The fraction of sp³-hybridized carbons (Fsp3) is 0.588. The highest BCUT2D eigenvalue weighted by molar-refractivity contribution is 5.70. The highest BCUT2D eigenvalue weighted by atomic mass is 16.5. The standard InChI is InChI=1S/C17H25NO5/c1-21-14-9-16(23-3)15(22-2)8-12(14)10-18-13-6-4-11(5-7-13)17(19)20/h8-9,11,13,18H,4-7,10H2,1-3H3,(H,19,20). The van der Waals surface area contributed by atoms with E-state index < -0.39 is 5.97 Å². The molecule has 1 aromatic rings. The Labute approximate surface area is 136 Å². The van der Waals surface area contributed by atoms with Crippen LogP contribution in [0.1, 0.15) is 31.2 Å². The number of carboxylic acids is 1.